The van der Waals surface area contributed by atoms with Crippen LogP contribution >= 0.6 is 11.3 Å². The Balaban J connectivity index is 2.18. The van der Waals surface area contributed by atoms with Gasteiger partial charge in [-0.25, -0.2) is 0 Å². The summed E-state index contributed by atoms with van der Waals surface area (Å²) in [5, 5.41) is 0. The van der Waals surface area contributed by atoms with Gasteiger partial charge in [0.05, 0.1) is 10.3 Å². The summed E-state index contributed by atoms with van der Waals surface area (Å²) < 4.78 is 5.65. The summed E-state index contributed by atoms with van der Waals surface area (Å²) in [5.41, 5.74) is -0.848. The standard InChI is InChI=1S/C17H24O3S/c1-12(18)14-8-7-13(21-14)11-17(9-5-6-10-17)15(19)20-16(2,3)4/h7-8H,5-6,9-11H2,1-4H3. The van der Waals surface area contributed by atoms with Crippen molar-refractivity contribution in [3.05, 3.63) is 21.9 Å². The normalized spacial score (nSPS) is 17.7. The zero-order chi connectivity index (χ0) is 15.7. The fraction of sp³-hybridized carbons (Fsp3) is 0.647. The fourth-order valence-corrected chi connectivity index (χ4v) is 3.93. The maximum atomic E-state index is 12.6. The van der Waals surface area contributed by atoms with Crippen LogP contribution in [0.2, 0.25) is 0 Å². The van der Waals surface area contributed by atoms with Gasteiger partial charge in [-0.1, -0.05) is 12.8 Å². The van der Waals surface area contributed by atoms with Gasteiger partial charge >= 0.3 is 5.97 Å². The molecule has 0 radical (unpaired) electrons. The van der Waals surface area contributed by atoms with Crippen molar-refractivity contribution in [1.29, 1.82) is 0 Å². The van der Waals surface area contributed by atoms with Crippen LogP contribution in [0.5, 0.6) is 0 Å². The quantitative estimate of drug-likeness (QED) is 0.612. The molecule has 0 atom stereocenters. The van der Waals surface area contributed by atoms with Crippen molar-refractivity contribution in [3.8, 4) is 0 Å². The van der Waals surface area contributed by atoms with Crippen molar-refractivity contribution in [3.63, 3.8) is 0 Å². The van der Waals surface area contributed by atoms with Crippen LogP contribution in [-0.2, 0) is 16.0 Å². The highest BCUT2D eigenvalue weighted by molar-refractivity contribution is 7.14. The van der Waals surface area contributed by atoms with Crippen LogP contribution in [0, 0.1) is 5.41 Å². The van der Waals surface area contributed by atoms with Crippen LogP contribution < -0.4 is 0 Å². The van der Waals surface area contributed by atoms with Crippen LogP contribution in [0.25, 0.3) is 0 Å². The molecule has 0 aliphatic heterocycles. The van der Waals surface area contributed by atoms with Crippen LogP contribution in [0.15, 0.2) is 12.1 Å². The molecule has 1 heterocycles. The molecule has 0 spiro atoms. The molecular weight excluding hydrogens is 284 g/mol. The fourth-order valence-electron chi connectivity index (χ4n) is 2.89. The number of hydrogen-bond donors (Lipinski definition) is 0. The van der Waals surface area contributed by atoms with Gasteiger partial charge in [-0.3, -0.25) is 9.59 Å². The van der Waals surface area contributed by atoms with Gasteiger partial charge < -0.3 is 4.74 Å². The first-order valence-electron chi connectivity index (χ1n) is 7.55. The molecule has 21 heavy (non-hydrogen) atoms. The molecule has 116 valence electrons. The minimum Gasteiger partial charge on any atom is -0.460 e. The molecule has 0 N–H and O–H groups in total. The number of thiophene rings is 1. The first-order valence-corrected chi connectivity index (χ1v) is 8.37. The molecule has 2 rings (SSSR count). The van der Waals surface area contributed by atoms with Crippen LogP contribution in [0.1, 0.15) is 67.9 Å². The number of esters is 1. The molecule has 3 nitrogen and oxygen atoms in total. The highest BCUT2D eigenvalue weighted by Crippen LogP contribution is 2.43. The van der Waals surface area contributed by atoms with Crippen molar-refractivity contribution in [1.82, 2.24) is 0 Å². The predicted molar refractivity (Wildman–Crippen MR) is 84.8 cm³/mol. The van der Waals surface area contributed by atoms with E-state index in [1.807, 2.05) is 32.9 Å². The Morgan fingerprint density at radius 2 is 1.86 bits per heavy atom. The van der Waals surface area contributed by atoms with Crippen molar-refractivity contribution < 1.29 is 14.3 Å². The average Bonchev–Trinajstić information content (AvgIpc) is 2.97. The molecule has 1 aromatic heterocycles. The van der Waals surface area contributed by atoms with Crippen molar-refractivity contribution in [2.24, 2.45) is 5.41 Å². The zero-order valence-corrected chi connectivity index (χ0v) is 14.1. The third-order valence-electron chi connectivity index (χ3n) is 3.91. The minimum absolute atomic E-state index is 0.0784. The molecular formula is C17H24O3S. The second kappa shape index (κ2) is 5.91. The first kappa shape index (κ1) is 16.2. The molecule has 1 fully saturated rings. The van der Waals surface area contributed by atoms with Crippen LogP contribution in [0.3, 0.4) is 0 Å². The Morgan fingerprint density at radius 3 is 2.33 bits per heavy atom. The lowest BCUT2D eigenvalue weighted by atomic mass is 9.82. The molecule has 0 bridgehead atoms. The largest absolute Gasteiger partial charge is 0.460 e. The van der Waals surface area contributed by atoms with E-state index in [9.17, 15) is 9.59 Å². The summed E-state index contributed by atoms with van der Waals surface area (Å²) in [5.74, 6) is 0.00858. The second-order valence-electron chi connectivity index (χ2n) is 6.99. The van der Waals surface area contributed by atoms with E-state index < -0.39 is 11.0 Å². The summed E-state index contributed by atoms with van der Waals surface area (Å²) in [7, 11) is 0. The van der Waals surface area contributed by atoms with E-state index >= 15 is 0 Å². The van der Waals surface area contributed by atoms with Gasteiger partial charge in [0.15, 0.2) is 5.78 Å². The molecule has 1 aromatic rings. The SMILES string of the molecule is CC(=O)c1ccc(CC2(C(=O)OC(C)(C)C)CCCC2)s1. The summed E-state index contributed by atoms with van der Waals surface area (Å²) in [6.45, 7) is 7.31. The highest BCUT2D eigenvalue weighted by atomic mass is 32.1. The van der Waals surface area contributed by atoms with E-state index in [1.54, 1.807) is 6.92 Å². The van der Waals surface area contributed by atoms with Crippen molar-refractivity contribution in [2.75, 3.05) is 0 Å². The lowest BCUT2D eigenvalue weighted by Gasteiger charge is -2.30. The molecule has 4 heteroatoms. The molecule has 1 saturated carbocycles. The first-order chi connectivity index (χ1) is 9.72. The number of carbonyl (C=O) groups excluding carboxylic acids is 2. The zero-order valence-electron chi connectivity index (χ0n) is 13.3. The predicted octanol–water partition coefficient (Wildman–Crippen LogP) is 4.40. The van der Waals surface area contributed by atoms with E-state index in [2.05, 4.69) is 0 Å². The number of ketones is 1. The monoisotopic (exact) mass is 308 g/mol. The Hall–Kier alpha value is -1.16. The van der Waals surface area contributed by atoms with E-state index in [1.165, 1.54) is 11.3 Å². The third kappa shape index (κ3) is 3.94. The molecule has 1 aliphatic rings. The molecule has 0 amide bonds. The van der Waals surface area contributed by atoms with Gasteiger partial charge in [0.1, 0.15) is 5.60 Å². The van der Waals surface area contributed by atoms with Gasteiger partial charge in [0.25, 0.3) is 0 Å². The van der Waals surface area contributed by atoms with E-state index in [-0.39, 0.29) is 11.8 Å². The number of carbonyl (C=O) groups is 2. The van der Waals surface area contributed by atoms with E-state index in [4.69, 9.17) is 4.74 Å². The van der Waals surface area contributed by atoms with Gasteiger partial charge in [0.2, 0.25) is 0 Å². The smallest absolute Gasteiger partial charge is 0.312 e. The third-order valence-corrected chi connectivity index (χ3v) is 5.10. The number of hydrogen-bond acceptors (Lipinski definition) is 4. The summed E-state index contributed by atoms with van der Waals surface area (Å²) in [6, 6.07) is 3.84. The number of rotatable bonds is 4. The van der Waals surface area contributed by atoms with Crippen molar-refractivity contribution in [2.45, 2.75) is 65.4 Å². The highest BCUT2D eigenvalue weighted by Gasteiger charge is 2.44. The maximum absolute atomic E-state index is 12.6. The molecule has 0 aromatic carbocycles. The Morgan fingerprint density at radius 1 is 1.24 bits per heavy atom. The van der Waals surface area contributed by atoms with Gasteiger partial charge in [-0.2, -0.15) is 0 Å². The molecule has 0 saturated heterocycles. The lowest BCUT2D eigenvalue weighted by Crippen LogP contribution is -2.37. The van der Waals surface area contributed by atoms with Crippen molar-refractivity contribution >= 4 is 23.1 Å². The molecule has 0 unspecified atom stereocenters. The molecule has 1 aliphatic carbocycles. The Kier molecular flexibility index (Phi) is 4.57. The Labute approximate surface area is 130 Å². The topological polar surface area (TPSA) is 43.4 Å². The number of ether oxygens (including phenoxy) is 1. The average molecular weight is 308 g/mol. The lowest BCUT2D eigenvalue weighted by molar-refractivity contribution is -0.167. The van der Waals surface area contributed by atoms with Gasteiger partial charge in [0, 0.05) is 4.88 Å². The van der Waals surface area contributed by atoms with E-state index in [0.717, 1.165) is 35.4 Å². The Bertz CT molecular complexity index is 530. The summed E-state index contributed by atoms with van der Waals surface area (Å²) in [4.78, 5) is 25.9. The van der Waals surface area contributed by atoms with Gasteiger partial charge in [-0.15, -0.1) is 11.3 Å². The summed E-state index contributed by atoms with van der Waals surface area (Å²) >= 11 is 1.50. The van der Waals surface area contributed by atoms with Crippen LogP contribution in [-0.4, -0.2) is 17.4 Å². The van der Waals surface area contributed by atoms with Crippen LogP contribution in [0.4, 0.5) is 0 Å². The minimum atomic E-state index is -0.452. The van der Waals surface area contributed by atoms with Gasteiger partial charge in [-0.05, 0) is 59.1 Å². The summed E-state index contributed by atoms with van der Waals surface area (Å²) in [6.07, 6.45) is 4.61. The van der Waals surface area contributed by atoms with E-state index in [0.29, 0.717) is 6.42 Å². The second-order valence-corrected chi connectivity index (χ2v) is 8.16. The number of Topliss-reactive ketones (excluding diaryl/α,β-unsaturated/α-hetero) is 1. The maximum Gasteiger partial charge on any atom is 0.312 e.